The maximum Gasteiger partial charge on any atom is 0.0536 e. The van der Waals surface area contributed by atoms with Gasteiger partial charge in [0.1, 0.15) is 0 Å². The molecule has 3 aromatic carbocycles. The minimum absolute atomic E-state index is 1.08. The van der Waals surface area contributed by atoms with Crippen LogP contribution in [0.15, 0.2) is 72.8 Å². The summed E-state index contributed by atoms with van der Waals surface area (Å²) in [4.78, 5) is 2.64. The second-order valence-corrected chi connectivity index (χ2v) is 13.9. The molecule has 7 rings (SSSR count). The first-order chi connectivity index (χ1) is 18.7. The summed E-state index contributed by atoms with van der Waals surface area (Å²) >= 11 is 7.67. The van der Waals surface area contributed by atoms with E-state index in [1.54, 1.807) is 0 Å². The van der Waals surface area contributed by atoms with E-state index in [9.17, 15) is 0 Å². The molecule has 0 bridgehead atoms. The van der Waals surface area contributed by atoms with Crippen molar-refractivity contribution in [2.24, 2.45) is 0 Å². The molecule has 4 heteroatoms. The van der Waals surface area contributed by atoms with Crippen molar-refractivity contribution in [1.29, 1.82) is 0 Å². The van der Waals surface area contributed by atoms with E-state index in [-0.39, 0.29) is 0 Å². The first-order valence-electron chi connectivity index (χ1n) is 13.0. The molecule has 0 radical (unpaired) electrons. The molecule has 7 aromatic rings. The van der Waals surface area contributed by atoms with Gasteiger partial charge in [-0.1, -0.05) is 74.5 Å². The second kappa shape index (κ2) is 9.94. The fraction of sp³-hybridized carbons (Fsp3) is 0.118. The quantitative estimate of drug-likeness (QED) is 0.189. The van der Waals surface area contributed by atoms with Crippen LogP contribution in [0.1, 0.15) is 45.9 Å². The van der Waals surface area contributed by atoms with E-state index in [2.05, 4.69) is 111 Å². The highest BCUT2D eigenvalue weighted by Gasteiger charge is 2.14. The third-order valence-electron chi connectivity index (χ3n) is 7.10. The lowest BCUT2D eigenvalue weighted by atomic mass is 10.1. The van der Waals surface area contributed by atoms with Gasteiger partial charge < -0.3 is 0 Å². The van der Waals surface area contributed by atoms with Gasteiger partial charge in [-0.25, -0.2) is 0 Å². The summed E-state index contributed by atoms with van der Waals surface area (Å²) in [6, 6.07) is 27.3. The fourth-order valence-electron chi connectivity index (χ4n) is 4.88. The molecular weight excluding hydrogens is 537 g/mol. The average molecular weight is 563 g/mol. The van der Waals surface area contributed by atoms with Crippen molar-refractivity contribution in [2.45, 2.75) is 26.7 Å². The lowest BCUT2D eigenvalue weighted by Crippen LogP contribution is -1.78. The Labute approximate surface area is 238 Å². The highest BCUT2D eigenvalue weighted by atomic mass is 32.1. The SMILES string of the molecule is CCc1ccc(C=Cc2cc3sc4cc5c(cc4c3s2)sc2cc(C=Cc3ccc(CC)cc3)sc25)cc1. The van der Waals surface area contributed by atoms with Crippen molar-refractivity contribution in [3.8, 4) is 0 Å². The smallest absolute Gasteiger partial charge is 0.0536 e. The molecule has 0 amide bonds. The number of rotatable bonds is 6. The predicted octanol–water partition coefficient (Wildman–Crippen LogP) is 12.0. The summed E-state index contributed by atoms with van der Waals surface area (Å²) in [7, 11) is 0. The molecule has 0 fully saturated rings. The fourth-order valence-corrected chi connectivity index (χ4v) is 9.78. The molecular formula is C34H26S4. The van der Waals surface area contributed by atoms with Gasteiger partial charge in [-0.2, -0.15) is 0 Å². The molecule has 0 saturated carbocycles. The Hall–Kier alpha value is -3.02. The van der Waals surface area contributed by atoms with Crippen molar-refractivity contribution in [3.05, 3.63) is 105 Å². The monoisotopic (exact) mass is 562 g/mol. The van der Waals surface area contributed by atoms with Crippen molar-refractivity contribution in [1.82, 2.24) is 0 Å². The molecule has 0 unspecified atom stereocenters. The molecule has 0 N–H and O–H groups in total. The first-order valence-corrected chi connectivity index (χ1v) is 16.3. The zero-order valence-electron chi connectivity index (χ0n) is 21.3. The van der Waals surface area contributed by atoms with Gasteiger partial charge in [-0.3, -0.25) is 0 Å². The standard InChI is InChI=1S/C34H26S4/c1-3-21-5-9-23(10-6-21)13-15-25-17-31-33(35-25)27-19-30-28(20-29(27)37-31)34-32(38-30)18-26(36-34)16-14-24-11-7-22(4-2)8-12-24/h5-20H,3-4H2,1-2H3. The molecule has 0 atom stereocenters. The van der Waals surface area contributed by atoms with Crippen LogP contribution in [0.3, 0.4) is 0 Å². The first kappa shape index (κ1) is 24.1. The zero-order chi connectivity index (χ0) is 25.6. The minimum atomic E-state index is 1.08. The van der Waals surface area contributed by atoms with Gasteiger partial charge in [-0.05, 0) is 71.5 Å². The maximum absolute atomic E-state index is 2.43. The largest absolute Gasteiger partial charge is 0.134 e. The minimum Gasteiger partial charge on any atom is -0.134 e. The highest BCUT2D eigenvalue weighted by Crippen LogP contribution is 2.46. The third-order valence-corrected chi connectivity index (χ3v) is 11.8. The Morgan fingerprint density at radius 2 is 0.895 bits per heavy atom. The van der Waals surface area contributed by atoms with Crippen LogP contribution in [-0.4, -0.2) is 0 Å². The van der Waals surface area contributed by atoms with Gasteiger partial charge in [0.25, 0.3) is 0 Å². The third kappa shape index (κ3) is 4.46. The second-order valence-electron chi connectivity index (χ2n) is 9.59. The topological polar surface area (TPSA) is 0 Å². The number of hydrogen-bond donors (Lipinski definition) is 0. The van der Waals surface area contributed by atoms with E-state index in [1.807, 2.05) is 45.3 Å². The highest BCUT2D eigenvalue weighted by molar-refractivity contribution is 7.34. The van der Waals surface area contributed by atoms with Gasteiger partial charge in [-0.15, -0.1) is 45.3 Å². The number of aryl methyl sites for hydroxylation is 2. The van der Waals surface area contributed by atoms with E-state index in [4.69, 9.17) is 0 Å². The van der Waals surface area contributed by atoms with Crippen LogP contribution in [0.25, 0.3) is 63.3 Å². The van der Waals surface area contributed by atoms with Crippen molar-refractivity contribution < 1.29 is 0 Å². The molecule has 0 spiro atoms. The summed E-state index contributed by atoms with van der Waals surface area (Å²) in [6.07, 6.45) is 11.2. The summed E-state index contributed by atoms with van der Waals surface area (Å²) in [5, 5.41) is 2.80. The summed E-state index contributed by atoms with van der Waals surface area (Å²) < 4.78 is 8.41. The molecule has 0 saturated heterocycles. The molecule has 0 aliphatic carbocycles. The Balaban J connectivity index is 1.19. The van der Waals surface area contributed by atoms with Gasteiger partial charge >= 0.3 is 0 Å². The molecule has 0 nitrogen and oxygen atoms in total. The van der Waals surface area contributed by atoms with Crippen LogP contribution in [0.2, 0.25) is 0 Å². The van der Waals surface area contributed by atoms with E-state index in [0.717, 1.165) is 12.8 Å². The Morgan fingerprint density at radius 3 is 1.29 bits per heavy atom. The predicted molar refractivity (Wildman–Crippen MR) is 177 cm³/mol. The lowest BCUT2D eigenvalue weighted by Gasteiger charge is -1.97. The van der Waals surface area contributed by atoms with Gasteiger partial charge in [0.05, 0.1) is 9.40 Å². The zero-order valence-corrected chi connectivity index (χ0v) is 24.6. The van der Waals surface area contributed by atoms with Crippen molar-refractivity contribution in [2.75, 3.05) is 0 Å². The van der Waals surface area contributed by atoms with Crippen LogP contribution in [0.5, 0.6) is 0 Å². The van der Waals surface area contributed by atoms with Crippen molar-refractivity contribution in [3.63, 3.8) is 0 Å². The maximum atomic E-state index is 2.43. The van der Waals surface area contributed by atoms with Gasteiger partial charge in [0.15, 0.2) is 0 Å². The Bertz CT molecular complexity index is 1820. The van der Waals surface area contributed by atoms with Crippen LogP contribution < -0.4 is 0 Å². The molecule has 0 aliphatic heterocycles. The van der Waals surface area contributed by atoms with Crippen LogP contribution in [0.4, 0.5) is 0 Å². The van der Waals surface area contributed by atoms with Crippen LogP contribution in [0, 0.1) is 0 Å². The summed E-state index contributed by atoms with van der Waals surface area (Å²) in [5.41, 5.74) is 5.28. The molecule has 38 heavy (non-hydrogen) atoms. The Kier molecular flexibility index (Phi) is 6.29. The average Bonchev–Trinajstić information content (AvgIpc) is 3.69. The van der Waals surface area contributed by atoms with E-state index in [0.29, 0.717) is 0 Å². The van der Waals surface area contributed by atoms with Crippen LogP contribution in [-0.2, 0) is 12.8 Å². The number of thiophene rings is 4. The van der Waals surface area contributed by atoms with Gasteiger partial charge in [0.2, 0.25) is 0 Å². The molecule has 4 heterocycles. The van der Waals surface area contributed by atoms with E-state index in [1.165, 1.54) is 71.0 Å². The summed E-state index contributed by atoms with van der Waals surface area (Å²) in [6.45, 7) is 4.40. The lowest BCUT2D eigenvalue weighted by molar-refractivity contribution is 1.14. The number of benzene rings is 3. The molecule has 0 aliphatic rings. The number of hydrogen-bond acceptors (Lipinski definition) is 4. The van der Waals surface area contributed by atoms with E-state index >= 15 is 0 Å². The van der Waals surface area contributed by atoms with E-state index < -0.39 is 0 Å². The molecule has 4 aromatic heterocycles. The number of fused-ring (bicyclic) bond motifs is 6. The Morgan fingerprint density at radius 1 is 0.474 bits per heavy atom. The van der Waals surface area contributed by atoms with Crippen LogP contribution >= 0.6 is 45.3 Å². The van der Waals surface area contributed by atoms with Gasteiger partial charge in [0, 0.05) is 39.3 Å². The molecule has 186 valence electrons. The summed E-state index contributed by atoms with van der Waals surface area (Å²) in [5.74, 6) is 0. The normalized spacial score (nSPS) is 12.5. The van der Waals surface area contributed by atoms with Crippen molar-refractivity contribution >= 4 is 109 Å².